The van der Waals surface area contributed by atoms with Crippen LogP contribution in [0.5, 0.6) is 0 Å². The first-order valence-corrected chi connectivity index (χ1v) is 9.63. The van der Waals surface area contributed by atoms with Crippen LogP contribution < -0.4 is 4.72 Å². The lowest BCUT2D eigenvalue weighted by Crippen LogP contribution is -2.17. The molecule has 0 atom stereocenters. The van der Waals surface area contributed by atoms with Crippen molar-refractivity contribution < 1.29 is 8.42 Å². The summed E-state index contributed by atoms with van der Waals surface area (Å²) >= 11 is 0. The van der Waals surface area contributed by atoms with Crippen molar-refractivity contribution in [2.75, 3.05) is 4.72 Å². The highest BCUT2D eigenvalue weighted by Crippen LogP contribution is 2.42. The lowest BCUT2D eigenvalue weighted by molar-refractivity contribution is 0.599. The predicted molar refractivity (Wildman–Crippen MR) is 94.8 cm³/mol. The molecule has 1 aliphatic rings. The quantitative estimate of drug-likeness (QED) is 0.738. The Morgan fingerprint density at radius 3 is 2.72 bits per heavy atom. The topological polar surface area (TPSA) is 76.9 Å². The summed E-state index contributed by atoms with van der Waals surface area (Å²) in [5.41, 5.74) is 2.12. The van der Waals surface area contributed by atoms with Crippen molar-refractivity contribution in [1.82, 2.24) is 14.5 Å². The van der Waals surface area contributed by atoms with Gasteiger partial charge in [-0.15, -0.1) is 0 Å². The average Bonchev–Trinajstić information content (AvgIpc) is 3.32. The second kappa shape index (κ2) is 6.33. The van der Waals surface area contributed by atoms with Gasteiger partial charge in [-0.25, -0.2) is 13.4 Å². The van der Waals surface area contributed by atoms with Crippen LogP contribution in [0.1, 0.15) is 30.0 Å². The monoisotopic (exact) mass is 354 g/mol. The number of rotatable bonds is 6. The molecule has 3 aromatic rings. The van der Waals surface area contributed by atoms with E-state index in [4.69, 9.17) is 0 Å². The van der Waals surface area contributed by atoms with Crippen molar-refractivity contribution in [1.29, 1.82) is 0 Å². The van der Waals surface area contributed by atoms with Crippen LogP contribution in [0.3, 0.4) is 0 Å². The average molecular weight is 354 g/mol. The SMILES string of the molecule is O=S(=O)(Nc1cccnc1C1CC1)c1ccccc1Cn1ccnc1. The molecule has 128 valence electrons. The van der Waals surface area contributed by atoms with Gasteiger partial charge in [0.25, 0.3) is 10.0 Å². The number of pyridine rings is 1. The number of nitrogens with one attached hydrogen (secondary N) is 1. The third-order valence-electron chi connectivity index (χ3n) is 4.22. The molecule has 0 saturated heterocycles. The number of nitrogens with zero attached hydrogens (tertiary/aromatic N) is 3. The van der Waals surface area contributed by atoms with Crippen molar-refractivity contribution in [2.24, 2.45) is 0 Å². The molecule has 0 spiro atoms. The molecule has 0 unspecified atom stereocenters. The van der Waals surface area contributed by atoms with Gasteiger partial charge in [-0.3, -0.25) is 9.71 Å². The predicted octanol–water partition coefficient (Wildman–Crippen LogP) is 3.00. The van der Waals surface area contributed by atoms with Crippen molar-refractivity contribution in [2.45, 2.75) is 30.2 Å². The van der Waals surface area contributed by atoms with Gasteiger partial charge in [0.1, 0.15) is 0 Å². The van der Waals surface area contributed by atoms with Gasteiger partial charge in [-0.1, -0.05) is 18.2 Å². The van der Waals surface area contributed by atoms with E-state index in [1.807, 2.05) is 22.9 Å². The zero-order valence-corrected chi connectivity index (χ0v) is 14.4. The minimum absolute atomic E-state index is 0.273. The Balaban J connectivity index is 1.67. The minimum atomic E-state index is -3.70. The Kier molecular flexibility index (Phi) is 4.01. The molecule has 1 aromatic carbocycles. The molecule has 6 nitrogen and oxygen atoms in total. The molecule has 1 aliphatic carbocycles. The maximum atomic E-state index is 13.0. The molecule has 2 aromatic heterocycles. The Morgan fingerprint density at radius 1 is 1.12 bits per heavy atom. The highest BCUT2D eigenvalue weighted by molar-refractivity contribution is 7.92. The second-order valence-corrected chi connectivity index (χ2v) is 7.81. The summed E-state index contributed by atoms with van der Waals surface area (Å²) in [6, 6.07) is 10.5. The van der Waals surface area contributed by atoms with Crippen molar-refractivity contribution in [3.8, 4) is 0 Å². The summed E-state index contributed by atoms with van der Waals surface area (Å²) in [4.78, 5) is 8.64. The molecular weight excluding hydrogens is 336 g/mol. The number of imidazole rings is 1. The van der Waals surface area contributed by atoms with Crippen LogP contribution in [-0.2, 0) is 16.6 Å². The van der Waals surface area contributed by atoms with Crippen LogP contribution in [0.25, 0.3) is 0 Å². The Morgan fingerprint density at radius 2 is 1.96 bits per heavy atom. The number of hydrogen-bond acceptors (Lipinski definition) is 4. The first-order valence-electron chi connectivity index (χ1n) is 8.15. The fourth-order valence-corrected chi connectivity index (χ4v) is 4.17. The van der Waals surface area contributed by atoms with Crippen LogP contribution in [0.2, 0.25) is 0 Å². The Hall–Kier alpha value is -2.67. The lowest BCUT2D eigenvalue weighted by Gasteiger charge is -2.14. The summed E-state index contributed by atoms with van der Waals surface area (Å²) < 4.78 is 30.5. The molecule has 0 bridgehead atoms. The summed E-state index contributed by atoms with van der Waals surface area (Å²) in [6.45, 7) is 0.444. The molecule has 0 aliphatic heterocycles. The van der Waals surface area contributed by atoms with E-state index in [1.54, 1.807) is 43.0 Å². The molecule has 2 heterocycles. The summed E-state index contributed by atoms with van der Waals surface area (Å²) in [6.07, 6.45) is 8.98. The maximum absolute atomic E-state index is 13.0. The van der Waals surface area contributed by atoms with Gasteiger partial charge in [0.15, 0.2) is 0 Å². The number of hydrogen-bond donors (Lipinski definition) is 1. The van der Waals surface area contributed by atoms with Gasteiger partial charge in [0.2, 0.25) is 0 Å². The van der Waals surface area contributed by atoms with Gasteiger partial charge in [0, 0.05) is 31.1 Å². The number of aromatic nitrogens is 3. The third kappa shape index (κ3) is 3.41. The van der Waals surface area contributed by atoms with E-state index in [9.17, 15) is 8.42 Å². The van der Waals surface area contributed by atoms with Gasteiger partial charge in [0.05, 0.1) is 22.6 Å². The number of benzene rings is 1. The van der Waals surface area contributed by atoms with E-state index in [-0.39, 0.29) is 4.90 Å². The van der Waals surface area contributed by atoms with Crippen molar-refractivity contribution >= 4 is 15.7 Å². The molecule has 1 saturated carbocycles. The van der Waals surface area contributed by atoms with Crippen molar-refractivity contribution in [3.05, 3.63) is 72.6 Å². The van der Waals surface area contributed by atoms with Crippen LogP contribution in [-0.4, -0.2) is 23.0 Å². The van der Waals surface area contributed by atoms with E-state index in [1.165, 1.54) is 0 Å². The van der Waals surface area contributed by atoms with E-state index in [0.717, 1.165) is 18.5 Å². The van der Waals surface area contributed by atoms with E-state index < -0.39 is 10.0 Å². The third-order valence-corrected chi connectivity index (χ3v) is 5.69. The van der Waals surface area contributed by atoms with Crippen molar-refractivity contribution in [3.63, 3.8) is 0 Å². The fraction of sp³-hybridized carbons (Fsp3) is 0.222. The number of sulfonamides is 1. The van der Waals surface area contributed by atoms with Gasteiger partial charge < -0.3 is 4.57 Å². The number of anilines is 1. The summed E-state index contributed by atoms with van der Waals surface area (Å²) in [7, 11) is -3.70. The standard InChI is InChI=1S/C18H18N4O2S/c23-25(24,21-16-5-3-9-20-18(16)14-7-8-14)17-6-2-1-4-15(17)12-22-11-10-19-13-22/h1-6,9-11,13-14,21H,7-8,12H2. The molecular formula is C18H18N4O2S. The normalized spacial score (nSPS) is 14.4. The van der Waals surface area contributed by atoms with Crippen LogP contribution in [0, 0.1) is 0 Å². The second-order valence-electron chi connectivity index (χ2n) is 6.16. The Labute approximate surface area is 146 Å². The van der Waals surface area contributed by atoms with Crippen LogP contribution in [0.4, 0.5) is 5.69 Å². The molecule has 0 radical (unpaired) electrons. The van der Waals surface area contributed by atoms with E-state index >= 15 is 0 Å². The van der Waals surface area contributed by atoms with Gasteiger partial charge >= 0.3 is 0 Å². The highest BCUT2D eigenvalue weighted by Gasteiger charge is 2.29. The molecule has 1 N–H and O–H groups in total. The first-order chi connectivity index (χ1) is 12.1. The fourth-order valence-electron chi connectivity index (χ4n) is 2.86. The zero-order valence-electron chi connectivity index (χ0n) is 13.5. The van der Waals surface area contributed by atoms with Gasteiger partial charge in [-0.2, -0.15) is 0 Å². The van der Waals surface area contributed by atoms with Gasteiger partial charge in [-0.05, 0) is 36.6 Å². The lowest BCUT2D eigenvalue weighted by atomic mass is 10.2. The molecule has 1 fully saturated rings. The summed E-state index contributed by atoms with van der Waals surface area (Å²) in [5, 5.41) is 0. The molecule has 0 amide bonds. The zero-order chi connectivity index (χ0) is 17.3. The van der Waals surface area contributed by atoms with E-state index in [0.29, 0.717) is 23.7 Å². The minimum Gasteiger partial charge on any atom is -0.333 e. The van der Waals surface area contributed by atoms with Crippen LogP contribution >= 0.6 is 0 Å². The molecule has 4 rings (SSSR count). The van der Waals surface area contributed by atoms with Crippen LogP contribution in [0.15, 0.2) is 66.2 Å². The van der Waals surface area contributed by atoms with E-state index in [2.05, 4.69) is 14.7 Å². The summed E-state index contributed by atoms with van der Waals surface area (Å²) in [5.74, 6) is 0.361. The first kappa shape index (κ1) is 15.8. The smallest absolute Gasteiger partial charge is 0.262 e. The highest BCUT2D eigenvalue weighted by atomic mass is 32.2. The molecule has 25 heavy (non-hydrogen) atoms. The largest absolute Gasteiger partial charge is 0.333 e. The molecule has 7 heteroatoms. The maximum Gasteiger partial charge on any atom is 0.262 e. The Bertz CT molecular complexity index is 980.